The third-order valence-corrected chi connectivity index (χ3v) is 5.61. The highest BCUT2D eigenvalue weighted by molar-refractivity contribution is 7.89. The maximum absolute atomic E-state index is 12.4. The molecule has 0 radical (unpaired) electrons. The summed E-state index contributed by atoms with van der Waals surface area (Å²) in [4.78, 5) is 4.10. The highest BCUT2D eigenvalue weighted by atomic mass is 32.2. The second-order valence-corrected chi connectivity index (χ2v) is 7.72. The van der Waals surface area contributed by atoms with Gasteiger partial charge < -0.3 is 5.43 Å². The van der Waals surface area contributed by atoms with Crippen molar-refractivity contribution < 1.29 is 12.6 Å². The first-order chi connectivity index (χ1) is 9.99. The number of nitrogens with two attached hydrogens (primary N) is 1. The molecule has 0 fully saturated rings. The maximum atomic E-state index is 12.4. The zero-order chi connectivity index (χ0) is 15.5. The third-order valence-electron chi connectivity index (χ3n) is 2.82. The Bertz CT molecular complexity index is 756. The van der Waals surface area contributed by atoms with Crippen molar-refractivity contribution in [2.75, 3.05) is 23.5 Å². The Morgan fingerprint density at radius 1 is 1.43 bits per heavy atom. The van der Waals surface area contributed by atoms with Crippen LogP contribution in [0.3, 0.4) is 0 Å². The Hall–Kier alpha value is -1.49. The smallest absolute Gasteiger partial charge is 0.260 e. The van der Waals surface area contributed by atoms with Gasteiger partial charge in [-0.25, -0.2) is 24.0 Å². The molecule has 0 spiro atoms. The van der Waals surface area contributed by atoms with Crippen LogP contribution in [0.5, 0.6) is 0 Å². The molecule has 2 rings (SSSR count). The van der Waals surface area contributed by atoms with E-state index in [2.05, 4.69) is 15.1 Å². The number of nitrogen functional groups attached to an aromatic ring is 1. The number of aromatic nitrogens is 2. The minimum Gasteiger partial charge on any atom is -0.306 e. The minimum absolute atomic E-state index is 0.0605. The van der Waals surface area contributed by atoms with E-state index >= 15 is 0 Å². The first kappa shape index (κ1) is 15.9. The second kappa shape index (κ2) is 6.52. The van der Waals surface area contributed by atoms with Crippen molar-refractivity contribution in [2.24, 2.45) is 5.84 Å². The molecule has 0 saturated heterocycles. The predicted octanol–water partition coefficient (Wildman–Crippen LogP) is -0.333. The van der Waals surface area contributed by atoms with Crippen molar-refractivity contribution >= 4 is 32.3 Å². The molecule has 0 aliphatic heterocycles. The van der Waals surface area contributed by atoms with Gasteiger partial charge in [0.1, 0.15) is 5.65 Å². The fraction of sp³-hybridized carbons (Fsp3) is 0.364. The van der Waals surface area contributed by atoms with Gasteiger partial charge in [0, 0.05) is 35.0 Å². The molecule has 116 valence electrons. The SMILES string of the molecule is CCS(=O)CCNS(=O)(=O)c1c(NN)nc2ccccn12. The fourth-order valence-electron chi connectivity index (χ4n) is 1.83. The molecule has 0 aliphatic carbocycles. The van der Waals surface area contributed by atoms with Gasteiger partial charge in [0.05, 0.1) is 0 Å². The summed E-state index contributed by atoms with van der Waals surface area (Å²) in [6, 6.07) is 5.11. The molecule has 0 aromatic carbocycles. The number of anilines is 1. The zero-order valence-electron chi connectivity index (χ0n) is 11.4. The summed E-state index contributed by atoms with van der Waals surface area (Å²) in [5.74, 6) is 6.16. The van der Waals surface area contributed by atoms with Crippen molar-refractivity contribution in [1.82, 2.24) is 14.1 Å². The van der Waals surface area contributed by atoms with E-state index in [0.29, 0.717) is 11.4 Å². The van der Waals surface area contributed by atoms with Crippen LogP contribution in [0.4, 0.5) is 5.82 Å². The Morgan fingerprint density at radius 3 is 2.86 bits per heavy atom. The quantitative estimate of drug-likeness (QED) is 0.472. The minimum atomic E-state index is -3.82. The van der Waals surface area contributed by atoms with Crippen LogP contribution in [0.1, 0.15) is 6.92 Å². The van der Waals surface area contributed by atoms with Crippen molar-refractivity contribution in [3.8, 4) is 0 Å². The Morgan fingerprint density at radius 2 is 2.19 bits per heavy atom. The van der Waals surface area contributed by atoms with E-state index in [1.807, 2.05) is 0 Å². The lowest BCUT2D eigenvalue weighted by Crippen LogP contribution is -2.30. The monoisotopic (exact) mass is 331 g/mol. The van der Waals surface area contributed by atoms with Gasteiger partial charge in [0.15, 0.2) is 10.8 Å². The first-order valence-corrected chi connectivity index (χ1v) is 9.25. The lowest BCUT2D eigenvalue weighted by atomic mass is 10.5. The molecule has 1 unspecified atom stereocenters. The van der Waals surface area contributed by atoms with Gasteiger partial charge in [-0.1, -0.05) is 13.0 Å². The lowest BCUT2D eigenvalue weighted by molar-refractivity contribution is 0.579. The van der Waals surface area contributed by atoms with Crippen LogP contribution in [0.2, 0.25) is 0 Å². The maximum Gasteiger partial charge on any atom is 0.260 e. The van der Waals surface area contributed by atoms with Gasteiger partial charge >= 0.3 is 0 Å². The molecule has 4 N–H and O–H groups in total. The molecule has 10 heteroatoms. The number of rotatable bonds is 7. The number of hydrogen-bond donors (Lipinski definition) is 3. The fourth-order valence-corrected chi connectivity index (χ4v) is 3.85. The Kier molecular flexibility index (Phi) is 4.93. The molecule has 2 heterocycles. The Labute approximate surface area is 125 Å². The molecule has 1 atom stereocenters. The number of nitrogens with one attached hydrogen (secondary N) is 2. The van der Waals surface area contributed by atoms with E-state index in [0.717, 1.165) is 0 Å². The van der Waals surface area contributed by atoms with E-state index in [9.17, 15) is 12.6 Å². The molecule has 0 aliphatic rings. The van der Waals surface area contributed by atoms with Crippen molar-refractivity contribution in [2.45, 2.75) is 11.9 Å². The number of hydrazine groups is 1. The Balaban J connectivity index is 2.33. The van der Waals surface area contributed by atoms with Crippen LogP contribution >= 0.6 is 0 Å². The van der Waals surface area contributed by atoms with Crippen LogP contribution in [0, 0.1) is 0 Å². The van der Waals surface area contributed by atoms with E-state index in [1.165, 1.54) is 4.40 Å². The summed E-state index contributed by atoms with van der Waals surface area (Å²) >= 11 is 0. The zero-order valence-corrected chi connectivity index (χ0v) is 13.1. The summed E-state index contributed by atoms with van der Waals surface area (Å²) < 4.78 is 40.0. The summed E-state index contributed by atoms with van der Waals surface area (Å²) in [5.41, 5.74) is 2.75. The van der Waals surface area contributed by atoms with Gasteiger partial charge in [0.2, 0.25) is 0 Å². The van der Waals surface area contributed by atoms with E-state index in [-0.39, 0.29) is 23.1 Å². The normalized spacial score (nSPS) is 13.4. The standard InChI is InChI=1S/C11H17N5O3S2/c1-2-20(17)8-6-13-21(18,19)11-10(15-12)14-9-5-3-4-7-16(9)11/h3-5,7,13,15H,2,6,8,12H2,1H3. The summed E-state index contributed by atoms with van der Waals surface area (Å²) in [6.45, 7) is 1.87. The summed E-state index contributed by atoms with van der Waals surface area (Å²) in [6.07, 6.45) is 1.59. The molecule has 2 aromatic rings. The highest BCUT2D eigenvalue weighted by Gasteiger charge is 2.24. The molecule has 0 saturated carbocycles. The third kappa shape index (κ3) is 3.40. The molecule has 0 amide bonds. The van der Waals surface area contributed by atoms with Gasteiger partial charge in [-0.3, -0.25) is 8.61 Å². The molecule has 8 nitrogen and oxygen atoms in total. The lowest BCUT2D eigenvalue weighted by Gasteiger charge is -2.07. The van der Waals surface area contributed by atoms with Gasteiger partial charge in [-0.05, 0) is 12.1 Å². The number of hydrogen-bond acceptors (Lipinski definition) is 6. The molecule has 21 heavy (non-hydrogen) atoms. The van der Waals surface area contributed by atoms with E-state index < -0.39 is 20.8 Å². The van der Waals surface area contributed by atoms with Crippen molar-refractivity contribution in [1.29, 1.82) is 0 Å². The van der Waals surface area contributed by atoms with E-state index in [1.54, 1.807) is 31.3 Å². The van der Waals surface area contributed by atoms with Crippen LogP contribution in [-0.2, 0) is 20.8 Å². The second-order valence-electron chi connectivity index (χ2n) is 4.17. The average Bonchev–Trinajstić information content (AvgIpc) is 2.86. The van der Waals surface area contributed by atoms with Gasteiger partial charge in [-0.2, -0.15) is 0 Å². The topological polar surface area (TPSA) is 119 Å². The number of imidazole rings is 1. The predicted molar refractivity (Wildman–Crippen MR) is 81.7 cm³/mol. The van der Waals surface area contributed by atoms with Crippen LogP contribution in [0.15, 0.2) is 29.4 Å². The number of sulfonamides is 1. The number of fused-ring (bicyclic) bond motifs is 1. The van der Waals surface area contributed by atoms with Crippen molar-refractivity contribution in [3.05, 3.63) is 24.4 Å². The molecular weight excluding hydrogens is 314 g/mol. The van der Waals surface area contributed by atoms with Crippen molar-refractivity contribution in [3.63, 3.8) is 0 Å². The van der Waals surface area contributed by atoms with Crippen LogP contribution < -0.4 is 16.0 Å². The summed E-state index contributed by atoms with van der Waals surface area (Å²) in [5, 5.41) is -0.0668. The van der Waals surface area contributed by atoms with Gasteiger partial charge in [0.25, 0.3) is 10.0 Å². The molecule has 0 bridgehead atoms. The number of pyridine rings is 1. The highest BCUT2D eigenvalue weighted by Crippen LogP contribution is 2.21. The van der Waals surface area contributed by atoms with Crippen LogP contribution in [0.25, 0.3) is 5.65 Å². The summed E-state index contributed by atoms with van der Waals surface area (Å²) in [7, 11) is -4.85. The first-order valence-electron chi connectivity index (χ1n) is 6.28. The molecular formula is C11H17N5O3S2. The number of nitrogens with zero attached hydrogens (tertiary/aromatic N) is 2. The van der Waals surface area contributed by atoms with Crippen LogP contribution in [-0.4, -0.2) is 40.1 Å². The average molecular weight is 331 g/mol. The van der Waals surface area contributed by atoms with E-state index in [4.69, 9.17) is 5.84 Å². The van der Waals surface area contributed by atoms with Gasteiger partial charge in [-0.15, -0.1) is 0 Å². The molecule has 2 aromatic heterocycles. The largest absolute Gasteiger partial charge is 0.306 e.